The van der Waals surface area contributed by atoms with Gasteiger partial charge in [-0.15, -0.1) is 0 Å². The van der Waals surface area contributed by atoms with Gasteiger partial charge in [0.15, 0.2) is 0 Å². The molecule has 1 rings (SSSR count). The molecule has 0 bridgehead atoms. The normalized spacial score (nSPS) is 14.8. The fourth-order valence-corrected chi connectivity index (χ4v) is 1.64. The van der Waals surface area contributed by atoms with Crippen LogP contribution in [0.1, 0.15) is 18.6 Å². The summed E-state index contributed by atoms with van der Waals surface area (Å²) in [6, 6.07) is 2.79. The highest BCUT2D eigenvalue weighted by atomic mass is 35.5. The molecule has 1 aromatic rings. The summed E-state index contributed by atoms with van der Waals surface area (Å²) in [4.78, 5) is 0. The second kappa shape index (κ2) is 5.03. The standard InChI is InChI=1S/C10H13Cl2NO2/c1-5(13)10(14)7-3-6(15-2)4-8(11)9(7)12/h3-5,10,14H,13H2,1-2H3/t5-,10-/m1/s1. The molecule has 5 heteroatoms. The maximum Gasteiger partial charge on any atom is 0.120 e. The molecule has 15 heavy (non-hydrogen) atoms. The van der Waals surface area contributed by atoms with Gasteiger partial charge in [-0.25, -0.2) is 0 Å². The molecule has 2 atom stereocenters. The van der Waals surface area contributed by atoms with Crippen LogP contribution < -0.4 is 10.5 Å². The Kier molecular flexibility index (Phi) is 4.22. The number of benzene rings is 1. The Morgan fingerprint density at radius 2 is 2.00 bits per heavy atom. The fraction of sp³-hybridized carbons (Fsp3) is 0.400. The topological polar surface area (TPSA) is 55.5 Å². The van der Waals surface area contributed by atoms with E-state index in [9.17, 15) is 5.11 Å². The smallest absolute Gasteiger partial charge is 0.120 e. The zero-order valence-corrected chi connectivity index (χ0v) is 10.0. The number of halogens is 2. The van der Waals surface area contributed by atoms with E-state index in [4.69, 9.17) is 33.7 Å². The van der Waals surface area contributed by atoms with E-state index in [0.717, 1.165) is 0 Å². The summed E-state index contributed by atoms with van der Waals surface area (Å²) in [7, 11) is 1.52. The first-order chi connectivity index (χ1) is 6.97. The predicted molar refractivity (Wildman–Crippen MR) is 61.6 cm³/mol. The van der Waals surface area contributed by atoms with E-state index in [1.54, 1.807) is 19.1 Å². The molecular weight excluding hydrogens is 237 g/mol. The van der Waals surface area contributed by atoms with E-state index in [1.165, 1.54) is 7.11 Å². The van der Waals surface area contributed by atoms with Gasteiger partial charge in [0.25, 0.3) is 0 Å². The van der Waals surface area contributed by atoms with Gasteiger partial charge in [-0.3, -0.25) is 0 Å². The molecule has 0 spiro atoms. The first-order valence-electron chi connectivity index (χ1n) is 4.44. The number of aliphatic hydroxyl groups excluding tert-OH is 1. The molecule has 0 amide bonds. The van der Waals surface area contributed by atoms with Crippen LogP contribution in [-0.2, 0) is 0 Å². The third-order valence-electron chi connectivity index (χ3n) is 2.08. The molecule has 0 fully saturated rings. The predicted octanol–water partition coefficient (Wildman–Crippen LogP) is 2.38. The summed E-state index contributed by atoms with van der Waals surface area (Å²) >= 11 is 11.8. The molecule has 0 heterocycles. The molecule has 3 N–H and O–H groups in total. The minimum atomic E-state index is -0.856. The summed E-state index contributed by atoms with van der Waals surface area (Å²) in [6.45, 7) is 1.69. The van der Waals surface area contributed by atoms with E-state index in [-0.39, 0.29) is 0 Å². The summed E-state index contributed by atoms with van der Waals surface area (Å²) in [5.41, 5.74) is 6.07. The third kappa shape index (κ3) is 2.75. The van der Waals surface area contributed by atoms with E-state index in [1.807, 2.05) is 0 Å². The molecule has 3 nitrogen and oxygen atoms in total. The van der Waals surface area contributed by atoms with Gasteiger partial charge in [-0.1, -0.05) is 23.2 Å². The molecule has 1 aromatic carbocycles. The average Bonchev–Trinajstić information content (AvgIpc) is 2.20. The summed E-state index contributed by atoms with van der Waals surface area (Å²) in [5.74, 6) is 0.541. The minimum Gasteiger partial charge on any atom is -0.497 e. The second-order valence-corrected chi connectivity index (χ2v) is 4.10. The van der Waals surface area contributed by atoms with E-state index in [2.05, 4.69) is 0 Å². The van der Waals surface area contributed by atoms with E-state index < -0.39 is 12.1 Å². The molecule has 0 aliphatic heterocycles. The molecule has 0 aliphatic carbocycles. The monoisotopic (exact) mass is 249 g/mol. The number of rotatable bonds is 3. The SMILES string of the molecule is COc1cc(Cl)c(Cl)c([C@H](O)[C@@H](C)N)c1. The van der Waals surface area contributed by atoms with Crippen molar-refractivity contribution in [3.05, 3.63) is 27.7 Å². The molecule has 0 saturated heterocycles. The highest BCUT2D eigenvalue weighted by Gasteiger charge is 2.18. The van der Waals surface area contributed by atoms with Gasteiger partial charge in [0.05, 0.1) is 23.3 Å². The van der Waals surface area contributed by atoms with Gasteiger partial charge in [0.1, 0.15) is 5.75 Å². The average molecular weight is 250 g/mol. The van der Waals surface area contributed by atoms with Crippen LogP contribution in [-0.4, -0.2) is 18.3 Å². The van der Waals surface area contributed by atoms with Crippen molar-refractivity contribution in [2.45, 2.75) is 19.1 Å². The van der Waals surface area contributed by atoms with Crippen molar-refractivity contribution in [3.8, 4) is 5.75 Å². The molecule has 0 radical (unpaired) electrons. The largest absolute Gasteiger partial charge is 0.497 e. The Bertz CT molecular complexity index is 356. The lowest BCUT2D eigenvalue weighted by Gasteiger charge is -2.17. The van der Waals surface area contributed by atoms with Gasteiger partial charge >= 0.3 is 0 Å². The van der Waals surface area contributed by atoms with Crippen molar-refractivity contribution in [1.29, 1.82) is 0 Å². The number of methoxy groups -OCH3 is 1. The highest BCUT2D eigenvalue weighted by Crippen LogP contribution is 2.35. The Hall–Kier alpha value is -0.480. The number of hydrogen-bond donors (Lipinski definition) is 2. The summed E-state index contributed by atoms with van der Waals surface area (Å²) in [6.07, 6.45) is -0.856. The zero-order valence-electron chi connectivity index (χ0n) is 8.50. The summed E-state index contributed by atoms with van der Waals surface area (Å²) in [5, 5.41) is 10.4. The van der Waals surface area contributed by atoms with Crippen LogP contribution >= 0.6 is 23.2 Å². The van der Waals surface area contributed by atoms with Crippen molar-refractivity contribution < 1.29 is 9.84 Å². The molecular formula is C10H13Cl2NO2. The molecule has 0 saturated carbocycles. The number of hydrogen-bond acceptors (Lipinski definition) is 3. The van der Waals surface area contributed by atoms with E-state index in [0.29, 0.717) is 21.4 Å². The summed E-state index contributed by atoms with van der Waals surface area (Å²) < 4.78 is 5.03. The Morgan fingerprint density at radius 3 is 2.47 bits per heavy atom. The van der Waals surface area contributed by atoms with Crippen LogP contribution in [0.3, 0.4) is 0 Å². The van der Waals surface area contributed by atoms with Crippen molar-refractivity contribution >= 4 is 23.2 Å². The first kappa shape index (κ1) is 12.6. The van der Waals surface area contributed by atoms with Crippen molar-refractivity contribution in [2.75, 3.05) is 7.11 Å². The van der Waals surface area contributed by atoms with Crippen molar-refractivity contribution in [2.24, 2.45) is 5.73 Å². The second-order valence-electron chi connectivity index (χ2n) is 3.32. The third-order valence-corrected chi connectivity index (χ3v) is 2.90. The molecule has 0 aromatic heterocycles. The Labute approximate surface area is 98.7 Å². The zero-order chi connectivity index (χ0) is 11.6. The number of ether oxygens (including phenoxy) is 1. The van der Waals surface area contributed by atoms with E-state index >= 15 is 0 Å². The Balaban J connectivity index is 3.21. The van der Waals surface area contributed by atoms with Gasteiger partial charge < -0.3 is 15.6 Å². The highest BCUT2D eigenvalue weighted by molar-refractivity contribution is 6.42. The van der Waals surface area contributed by atoms with Crippen LogP contribution in [0.25, 0.3) is 0 Å². The molecule has 84 valence electrons. The molecule has 0 unspecified atom stereocenters. The van der Waals surface area contributed by atoms with Gasteiger partial charge in [-0.2, -0.15) is 0 Å². The maximum atomic E-state index is 9.80. The van der Waals surface area contributed by atoms with Crippen LogP contribution in [0.4, 0.5) is 0 Å². The Morgan fingerprint density at radius 1 is 1.40 bits per heavy atom. The van der Waals surface area contributed by atoms with Crippen LogP contribution in [0.2, 0.25) is 10.0 Å². The van der Waals surface area contributed by atoms with Crippen molar-refractivity contribution in [3.63, 3.8) is 0 Å². The van der Waals surface area contributed by atoms with Gasteiger partial charge in [-0.05, 0) is 13.0 Å². The minimum absolute atomic E-state index is 0.308. The van der Waals surface area contributed by atoms with Gasteiger partial charge in [0.2, 0.25) is 0 Å². The lowest BCUT2D eigenvalue weighted by Crippen LogP contribution is -2.24. The van der Waals surface area contributed by atoms with Gasteiger partial charge in [0, 0.05) is 17.7 Å². The number of nitrogens with two attached hydrogens (primary N) is 1. The first-order valence-corrected chi connectivity index (χ1v) is 5.19. The van der Waals surface area contributed by atoms with Crippen LogP contribution in [0.15, 0.2) is 12.1 Å². The molecule has 0 aliphatic rings. The number of aliphatic hydroxyl groups is 1. The maximum absolute atomic E-state index is 9.80. The van der Waals surface area contributed by atoms with Crippen LogP contribution in [0.5, 0.6) is 5.75 Å². The quantitative estimate of drug-likeness (QED) is 0.865. The van der Waals surface area contributed by atoms with Crippen molar-refractivity contribution in [1.82, 2.24) is 0 Å². The lowest BCUT2D eigenvalue weighted by molar-refractivity contribution is 0.153. The van der Waals surface area contributed by atoms with Crippen LogP contribution in [0, 0.1) is 0 Å². The lowest BCUT2D eigenvalue weighted by atomic mass is 10.0. The fourth-order valence-electron chi connectivity index (χ4n) is 1.20.